The summed E-state index contributed by atoms with van der Waals surface area (Å²) in [5, 5.41) is 1.35. The molecule has 2 heterocycles. The van der Waals surface area contributed by atoms with Crippen molar-refractivity contribution >= 4 is 34.3 Å². The molecule has 1 aromatic heterocycles. The molecule has 1 fully saturated rings. The topological polar surface area (TPSA) is 74.8 Å². The molecular weight excluding hydrogens is 414 g/mol. The van der Waals surface area contributed by atoms with E-state index in [1.807, 2.05) is 29.2 Å². The lowest BCUT2D eigenvalue weighted by atomic mass is 10.1. The highest BCUT2D eigenvalue weighted by atomic mass is 35.5. The van der Waals surface area contributed by atoms with Gasteiger partial charge in [0.1, 0.15) is 6.54 Å². The molecule has 8 heteroatoms. The van der Waals surface area contributed by atoms with E-state index in [0.717, 1.165) is 10.9 Å². The van der Waals surface area contributed by atoms with E-state index in [-0.39, 0.29) is 18.4 Å². The van der Waals surface area contributed by atoms with Gasteiger partial charge in [-0.15, -0.1) is 0 Å². The highest BCUT2D eigenvalue weighted by molar-refractivity contribution is 6.31. The number of aromatic nitrogens is 1. The van der Waals surface area contributed by atoms with Crippen LogP contribution in [0.4, 0.5) is 0 Å². The van der Waals surface area contributed by atoms with Crippen molar-refractivity contribution in [2.45, 2.75) is 6.54 Å². The van der Waals surface area contributed by atoms with Crippen LogP contribution in [-0.2, 0) is 11.3 Å². The van der Waals surface area contributed by atoms with E-state index in [2.05, 4.69) is 11.5 Å². The summed E-state index contributed by atoms with van der Waals surface area (Å²) < 4.78 is 1.79. The molecule has 31 heavy (non-hydrogen) atoms. The summed E-state index contributed by atoms with van der Waals surface area (Å²) in [6.07, 6.45) is 8.93. The Bertz CT molecular complexity index is 1050. The summed E-state index contributed by atoms with van der Waals surface area (Å²) in [4.78, 5) is 31.0. The fourth-order valence-corrected chi connectivity index (χ4v) is 3.70. The molecule has 0 aliphatic carbocycles. The van der Waals surface area contributed by atoms with E-state index in [4.69, 9.17) is 17.3 Å². The maximum absolute atomic E-state index is 13.3. The molecule has 3 rings (SSSR count). The number of allylic oxidation sites excluding steroid dienone is 4. The summed E-state index contributed by atoms with van der Waals surface area (Å²) in [5.41, 5.74) is 7.47. The van der Waals surface area contributed by atoms with Crippen LogP contribution in [0, 0.1) is 0 Å². The fraction of sp³-hybridized carbons (Fsp3) is 0.304. The first-order valence-corrected chi connectivity index (χ1v) is 10.5. The van der Waals surface area contributed by atoms with Gasteiger partial charge in [0.05, 0.1) is 16.9 Å². The van der Waals surface area contributed by atoms with Crippen LogP contribution in [-0.4, -0.2) is 71.4 Å². The highest BCUT2D eigenvalue weighted by Gasteiger charge is 2.25. The van der Waals surface area contributed by atoms with Crippen molar-refractivity contribution in [2.24, 2.45) is 5.73 Å². The molecule has 0 saturated carbocycles. The Kier molecular flexibility index (Phi) is 7.07. The number of piperazine rings is 1. The lowest BCUT2D eigenvalue weighted by molar-refractivity contribution is -0.129. The second-order valence-electron chi connectivity index (χ2n) is 7.61. The normalized spacial score (nSPS) is 15.0. The van der Waals surface area contributed by atoms with Gasteiger partial charge in [-0.05, 0) is 18.2 Å². The maximum atomic E-state index is 13.3. The smallest absolute Gasteiger partial charge is 0.256 e. The number of fused-ring (bicyclic) bond motifs is 1. The number of benzene rings is 1. The zero-order chi connectivity index (χ0) is 22.5. The van der Waals surface area contributed by atoms with Crippen molar-refractivity contribution in [1.82, 2.24) is 19.3 Å². The van der Waals surface area contributed by atoms with Gasteiger partial charge in [-0.25, -0.2) is 0 Å². The number of halogens is 1. The third-order valence-electron chi connectivity index (χ3n) is 5.33. The van der Waals surface area contributed by atoms with Gasteiger partial charge in [-0.1, -0.05) is 42.5 Å². The standard InChI is InChI=1S/C23H28ClN5O2/c1-4-5-6-7-21(25)27-10-12-28(13-11-27)23(31)19-15-29(16-22(30)26(2)3)20-14-17(24)8-9-18(19)20/h4-9,14-15H,1,10-13,16,25H2,2-3H3/b6-5-,21-7+. The molecule has 0 unspecified atom stereocenters. The van der Waals surface area contributed by atoms with Gasteiger partial charge in [0.2, 0.25) is 5.91 Å². The number of carbonyl (C=O) groups excluding carboxylic acids is 2. The molecule has 0 radical (unpaired) electrons. The molecule has 2 N–H and O–H groups in total. The Morgan fingerprint density at radius 1 is 1.16 bits per heavy atom. The SMILES string of the molecule is C=C/C=C\C=C(/N)N1CCN(C(=O)c2cn(CC(=O)N(C)C)c3cc(Cl)ccc23)CC1. The molecule has 164 valence electrons. The molecule has 1 aromatic carbocycles. The molecule has 1 saturated heterocycles. The molecule has 2 aromatic rings. The minimum atomic E-state index is -0.0582. The fourth-order valence-electron chi connectivity index (χ4n) is 3.53. The summed E-state index contributed by atoms with van der Waals surface area (Å²) in [6, 6.07) is 5.39. The average molecular weight is 442 g/mol. The van der Waals surface area contributed by atoms with Gasteiger partial charge in [0.25, 0.3) is 5.91 Å². The molecule has 1 aliphatic rings. The summed E-state index contributed by atoms with van der Waals surface area (Å²) >= 11 is 6.18. The average Bonchev–Trinajstić information content (AvgIpc) is 3.10. The molecular formula is C23H28ClN5O2. The van der Waals surface area contributed by atoms with Gasteiger partial charge < -0.3 is 25.0 Å². The lowest BCUT2D eigenvalue weighted by Gasteiger charge is -2.36. The number of hydrogen-bond acceptors (Lipinski definition) is 4. The molecule has 2 amide bonds. The minimum Gasteiger partial charge on any atom is -0.385 e. The Morgan fingerprint density at radius 3 is 2.48 bits per heavy atom. The molecule has 1 aliphatic heterocycles. The summed E-state index contributed by atoms with van der Waals surface area (Å²) in [7, 11) is 3.42. The number of nitrogens with two attached hydrogens (primary N) is 1. The molecule has 0 bridgehead atoms. The van der Waals surface area contributed by atoms with Crippen LogP contribution in [0.2, 0.25) is 5.02 Å². The number of hydrogen-bond donors (Lipinski definition) is 1. The van der Waals surface area contributed by atoms with E-state index in [9.17, 15) is 9.59 Å². The Labute approximate surface area is 187 Å². The van der Waals surface area contributed by atoms with Crippen LogP contribution in [0.15, 0.2) is 61.1 Å². The predicted molar refractivity (Wildman–Crippen MR) is 125 cm³/mol. The molecule has 7 nitrogen and oxygen atoms in total. The summed E-state index contributed by atoms with van der Waals surface area (Å²) in [6.45, 7) is 6.21. The monoisotopic (exact) mass is 441 g/mol. The second kappa shape index (κ2) is 9.75. The predicted octanol–water partition coefficient (Wildman–Crippen LogP) is 2.68. The second-order valence-corrected chi connectivity index (χ2v) is 8.05. The number of nitrogens with zero attached hydrogens (tertiary/aromatic N) is 4. The number of amides is 2. The first kappa shape index (κ1) is 22.5. The Balaban J connectivity index is 1.80. The first-order valence-electron chi connectivity index (χ1n) is 10.1. The van der Waals surface area contributed by atoms with Gasteiger partial charge >= 0.3 is 0 Å². The molecule has 0 spiro atoms. The van der Waals surface area contributed by atoms with E-state index in [0.29, 0.717) is 42.6 Å². The van der Waals surface area contributed by atoms with Crippen LogP contribution in [0.5, 0.6) is 0 Å². The number of rotatable bonds is 6. The minimum absolute atomic E-state index is 0.0581. The Hall–Kier alpha value is -3.19. The van der Waals surface area contributed by atoms with Crippen molar-refractivity contribution < 1.29 is 9.59 Å². The largest absolute Gasteiger partial charge is 0.385 e. The van der Waals surface area contributed by atoms with Crippen LogP contribution >= 0.6 is 11.6 Å². The highest BCUT2D eigenvalue weighted by Crippen LogP contribution is 2.26. The van der Waals surface area contributed by atoms with Crippen LogP contribution < -0.4 is 5.73 Å². The van der Waals surface area contributed by atoms with Gasteiger partial charge in [-0.3, -0.25) is 9.59 Å². The zero-order valence-corrected chi connectivity index (χ0v) is 18.7. The van der Waals surface area contributed by atoms with E-state index < -0.39 is 0 Å². The van der Waals surface area contributed by atoms with Crippen molar-refractivity contribution in [3.63, 3.8) is 0 Å². The maximum Gasteiger partial charge on any atom is 0.256 e. The van der Waals surface area contributed by atoms with Crippen LogP contribution in [0.1, 0.15) is 10.4 Å². The number of likely N-dealkylation sites (N-methyl/N-ethyl adjacent to an activating group) is 1. The third-order valence-corrected chi connectivity index (χ3v) is 5.56. The quantitative estimate of drug-likeness (QED) is 0.699. The zero-order valence-electron chi connectivity index (χ0n) is 17.9. The third kappa shape index (κ3) is 5.11. The van der Waals surface area contributed by atoms with E-state index in [1.54, 1.807) is 43.1 Å². The first-order chi connectivity index (χ1) is 14.8. The van der Waals surface area contributed by atoms with Gasteiger partial charge in [0, 0.05) is 56.9 Å². The summed E-state index contributed by atoms with van der Waals surface area (Å²) in [5.74, 6) is 0.549. The van der Waals surface area contributed by atoms with Crippen molar-refractivity contribution in [3.05, 3.63) is 71.7 Å². The molecule has 0 atom stereocenters. The van der Waals surface area contributed by atoms with Crippen molar-refractivity contribution in [1.29, 1.82) is 0 Å². The van der Waals surface area contributed by atoms with E-state index in [1.165, 1.54) is 4.90 Å². The van der Waals surface area contributed by atoms with Gasteiger partial charge in [-0.2, -0.15) is 0 Å². The van der Waals surface area contributed by atoms with Crippen LogP contribution in [0.3, 0.4) is 0 Å². The van der Waals surface area contributed by atoms with E-state index >= 15 is 0 Å². The number of carbonyl (C=O) groups is 2. The lowest BCUT2D eigenvalue weighted by Crippen LogP contribution is -2.49. The van der Waals surface area contributed by atoms with Crippen LogP contribution in [0.25, 0.3) is 10.9 Å². The van der Waals surface area contributed by atoms with Crippen molar-refractivity contribution in [3.8, 4) is 0 Å². The Morgan fingerprint density at radius 2 is 1.84 bits per heavy atom. The van der Waals surface area contributed by atoms with Crippen molar-refractivity contribution in [2.75, 3.05) is 40.3 Å². The van der Waals surface area contributed by atoms with Gasteiger partial charge in [0.15, 0.2) is 0 Å².